The molecule has 0 heterocycles. The Hall–Kier alpha value is -0.610. The van der Waals surface area contributed by atoms with Gasteiger partial charge in [0.15, 0.2) is 0 Å². The van der Waals surface area contributed by atoms with E-state index in [0.717, 1.165) is 30.3 Å². The first kappa shape index (κ1) is 19.7. The van der Waals surface area contributed by atoms with Crippen molar-refractivity contribution < 1.29 is 19.5 Å². The van der Waals surface area contributed by atoms with E-state index in [0.29, 0.717) is 5.92 Å². The van der Waals surface area contributed by atoms with Gasteiger partial charge in [-0.25, -0.2) is 0 Å². The Morgan fingerprint density at radius 3 is 1.89 bits per heavy atom. The second-order valence-electron chi connectivity index (χ2n) is 6.33. The summed E-state index contributed by atoms with van der Waals surface area (Å²) in [7, 11) is 6.19. The van der Waals surface area contributed by atoms with Crippen molar-refractivity contribution in [3.05, 3.63) is 0 Å². The first-order valence-electron chi connectivity index (χ1n) is 6.73. The molecule has 1 unspecified atom stereocenters. The van der Waals surface area contributed by atoms with Crippen LogP contribution in [0.3, 0.4) is 0 Å². The van der Waals surface area contributed by atoms with Crippen LogP contribution in [0, 0.1) is 5.92 Å². The molecule has 0 amide bonds. The van der Waals surface area contributed by atoms with Crippen LogP contribution < -0.4 is 5.11 Å². The van der Waals surface area contributed by atoms with Crippen molar-refractivity contribution in [1.82, 2.24) is 0 Å². The quantitative estimate of drug-likeness (QED) is 0.550. The molecule has 0 aliphatic heterocycles. The van der Waals surface area contributed by atoms with Crippen molar-refractivity contribution in [2.75, 3.05) is 27.7 Å². The molecular weight excluding hydrogens is 230 g/mol. The predicted molar refractivity (Wildman–Crippen MR) is 72.9 cm³/mol. The lowest BCUT2D eigenvalue weighted by Gasteiger charge is -2.24. The van der Waals surface area contributed by atoms with Crippen molar-refractivity contribution in [3.8, 4) is 0 Å². The van der Waals surface area contributed by atoms with Crippen molar-refractivity contribution in [2.24, 2.45) is 5.92 Å². The van der Waals surface area contributed by atoms with Crippen molar-refractivity contribution in [3.63, 3.8) is 0 Å². The molecule has 1 atom stereocenters. The van der Waals surface area contributed by atoms with Gasteiger partial charge in [-0.1, -0.05) is 26.7 Å². The molecule has 1 N–H and O–H groups in total. The third-order valence-corrected chi connectivity index (χ3v) is 2.22. The van der Waals surface area contributed by atoms with Gasteiger partial charge in [-0.2, -0.15) is 0 Å². The van der Waals surface area contributed by atoms with Gasteiger partial charge in [0.2, 0.25) is 0 Å². The molecule has 18 heavy (non-hydrogen) atoms. The Labute approximate surface area is 112 Å². The van der Waals surface area contributed by atoms with Crippen LogP contribution in [0.4, 0.5) is 0 Å². The SMILES string of the molecule is CC(C)CCCCC(=O)[O-].CC(O)C[N+](C)(C)C. The van der Waals surface area contributed by atoms with Gasteiger partial charge in [0.1, 0.15) is 12.6 Å². The molecule has 0 aliphatic rings. The lowest BCUT2D eigenvalue weighted by Crippen LogP contribution is -2.40. The van der Waals surface area contributed by atoms with Crippen molar-refractivity contribution in [1.29, 1.82) is 0 Å². The monoisotopic (exact) mass is 261 g/mol. The minimum atomic E-state index is -0.927. The van der Waals surface area contributed by atoms with E-state index in [9.17, 15) is 9.90 Å². The van der Waals surface area contributed by atoms with E-state index < -0.39 is 5.97 Å². The van der Waals surface area contributed by atoms with E-state index in [-0.39, 0.29) is 12.5 Å². The van der Waals surface area contributed by atoms with Crippen LogP contribution in [0.1, 0.15) is 46.5 Å². The maximum Gasteiger partial charge on any atom is 0.104 e. The molecule has 0 radical (unpaired) electrons. The summed E-state index contributed by atoms with van der Waals surface area (Å²) < 4.78 is 0.831. The molecule has 0 aromatic carbocycles. The summed E-state index contributed by atoms with van der Waals surface area (Å²) in [5.74, 6) is -0.245. The van der Waals surface area contributed by atoms with Crippen LogP contribution in [0.25, 0.3) is 0 Å². The fraction of sp³-hybridized carbons (Fsp3) is 0.929. The topological polar surface area (TPSA) is 60.4 Å². The van der Waals surface area contributed by atoms with Gasteiger partial charge >= 0.3 is 0 Å². The molecule has 110 valence electrons. The number of quaternary nitrogens is 1. The van der Waals surface area contributed by atoms with Crippen LogP contribution in [0.15, 0.2) is 0 Å². The molecule has 0 saturated heterocycles. The molecule has 4 nitrogen and oxygen atoms in total. The number of aliphatic carboxylic acids is 1. The molecule has 4 heteroatoms. The molecule has 0 rings (SSSR count). The summed E-state index contributed by atoms with van der Waals surface area (Å²) in [6, 6.07) is 0. The summed E-state index contributed by atoms with van der Waals surface area (Å²) in [6.45, 7) is 6.90. The second-order valence-corrected chi connectivity index (χ2v) is 6.33. The zero-order valence-electron chi connectivity index (χ0n) is 12.9. The van der Waals surface area contributed by atoms with Crippen LogP contribution in [-0.2, 0) is 4.79 Å². The highest BCUT2D eigenvalue weighted by atomic mass is 16.4. The minimum Gasteiger partial charge on any atom is -0.550 e. The van der Waals surface area contributed by atoms with Gasteiger partial charge in [-0.05, 0) is 25.7 Å². The molecule has 0 saturated carbocycles. The predicted octanol–water partition coefficient (Wildman–Crippen LogP) is 1.03. The molecule has 0 fully saturated rings. The van der Waals surface area contributed by atoms with Crippen molar-refractivity contribution >= 4 is 5.97 Å². The van der Waals surface area contributed by atoms with Crippen LogP contribution in [0.5, 0.6) is 0 Å². The largest absolute Gasteiger partial charge is 0.550 e. The standard InChI is InChI=1S/C8H16O2.C6H16NO/c1-7(2)5-3-4-6-8(9)10;1-6(8)5-7(2,3)4/h7H,3-6H2,1-2H3,(H,9,10);6,8H,5H2,1-4H3/q;+1/p-1. The zero-order chi connectivity index (χ0) is 14.8. The van der Waals surface area contributed by atoms with Gasteiger partial charge in [-0.15, -0.1) is 0 Å². The lowest BCUT2D eigenvalue weighted by molar-refractivity contribution is -0.873. The molecule has 0 spiro atoms. The van der Waals surface area contributed by atoms with E-state index in [2.05, 4.69) is 35.0 Å². The fourth-order valence-electron chi connectivity index (χ4n) is 1.61. The number of carbonyl (C=O) groups excluding carboxylic acids is 1. The van der Waals surface area contributed by atoms with E-state index in [1.165, 1.54) is 0 Å². The highest BCUT2D eigenvalue weighted by Crippen LogP contribution is 2.07. The number of hydrogen-bond acceptors (Lipinski definition) is 3. The molecule has 0 aromatic heterocycles. The van der Waals surface area contributed by atoms with E-state index in [1.54, 1.807) is 0 Å². The lowest BCUT2D eigenvalue weighted by atomic mass is 10.1. The third kappa shape index (κ3) is 24.6. The van der Waals surface area contributed by atoms with Crippen LogP contribution >= 0.6 is 0 Å². The Morgan fingerprint density at radius 2 is 1.67 bits per heavy atom. The number of carboxylic acid groups (broad SMARTS) is 1. The number of aliphatic hydroxyl groups is 1. The number of unbranched alkanes of at least 4 members (excludes halogenated alkanes) is 1. The summed E-state index contributed by atoms with van der Waals surface area (Å²) in [4.78, 5) is 9.93. The third-order valence-electron chi connectivity index (χ3n) is 2.22. The highest BCUT2D eigenvalue weighted by molar-refractivity contribution is 5.63. The first-order valence-corrected chi connectivity index (χ1v) is 6.73. The number of nitrogens with zero attached hydrogens (tertiary/aromatic N) is 1. The highest BCUT2D eigenvalue weighted by Gasteiger charge is 2.09. The number of rotatable bonds is 7. The Balaban J connectivity index is 0. The normalized spacial score (nSPS) is 12.9. The Bertz CT molecular complexity index is 208. The summed E-state index contributed by atoms with van der Waals surface area (Å²) in [5.41, 5.74) is 0. The molecular formula is C14H31NO3. The molecule has 0 aliphatic carbocycles. The maximum atomic E-state index is 9.93. The summed E-state index contributed by atoms with van der Waals surface area (Å²) in [5, 5.41) is 18.8. The fourth-order valence-corrected chi connectivity index (χ4v) is 1.61. The van der Waals surface area contributed by atoms with Gasteiger partial charge in [0.25, 0.3) is 0 Å². The van der Waals surface area contributed by atoms with E-state index >= 15 is 0 Å². The number of hydrogen-bond donors (Lipinski definition) is 1. The van der Waals surface area contributed by atoms with Gasteiger partial charge in [0.05, 0.1) is 21.1 Å². The number of aliphatic hydroxyl groups excluding tert-OH is 1. The van der Waals surface area contributed by atoms with E-state index in [1.807, 2.05) is 6.92 Å². The number of carboxylic acids is 1. The van der Waals surface area contributed by atoms with Crippen LogP contribution in [0.2, 0.25) is 0 Å². The smallest absolute Gasteiger partial charge is 0.104 e. The summed E-state index contributed by atoms with van der Waals surface area (Å²) >= 11 is 0. The van der Waals surface area contributed by atoms with Gasteiger partial charge in [0, 0.05) is 5.97 Å². The zero-order valence-corrected chi connectivity index (χ0v) is 12.9. The summed E-state index contributed by atoms with van der Waals surface area (Å²) in [6.07, 6.45) is 2.92. The first-order chi connectivity index (χ1) is 8.04. The number of carbonyl (C=O) groups is 1. The Kier molecular flexibility index (Phi) is 11.3. The van der Waals surface area contributed by atoms with E-state index in [4.69, 9.17) is 5.11 Å². The van der Waals surface area contributed by atoms with Crippen LogP contribution in [-0.4, -0.2) is 49.4 Å². The van der Waals surface area contributed by atoms with Gasteiger partial charge in [-0.3, -0.25) is 0 Å². The molecule has 0 aromatic rings. The van der Waals surface area contributed by atoms with Gasteiger partial charge < -0.3 is 19.5 Å². The Morgan fingerprint density at radius 1 is 1.17 bits per heavy atom. The second kappa shape index (κ2) is 10.3. The maximum absolute atomic E-state index is 9.93. The minimum absolute atomic E-state index is 0.185. The average molecular weight is 261 g/mol. The van der Waals surface area contributed by atoms with Crippen molar-refractivity contribution in [2.45, 2.75) is 52.6 Å². The number of likely N-dealkylation sites (N-methyl/N-ethyl adjacent to an activating group) is 1. The average Bonchev–Trinajstić information content (AvgIpc) is 2.08. The molecule has 0 bridgehead atoms.